The van der Waals surface area contributed by atoms with Gasteiger partial charge in [-0.15, -0.1) is 0 Å². The first kappa shape index (κ1) is 29.4. The molecular formula is C33H38N4O5. The van der Waals surface area contributed by atoms with Crippen molar-refractivity contribution in [3.63, 3.8) is 0 Å². The number of aliphatic hydroxyl groups excluding tert-OH is 1. The molecule has 0 spiro atoms. The van der Waals surface area contributed by atoms with Crippen molar-refractivity contribution in [2.24, 2.45) is 0 Å². The number of nitrogens with zero attached hydrogens (tertiary/aromatic N) is 2. The Balaban J connectivity index is 1.27. The summed E-state index contributed by atoms with van der Waals surface area (Å²) in [5.74, 6) is -0.0881. The van der Waals surface area contributed by atoms with Crippen molar-refractivity contribution in [2.75, 3.05) is 11.9 Å². The van der Waals surface area contributed by atoms with E-state index in [0.29, 0.717) is 31.6 Å². The number of hydrogen-bond acceptors (Lipinski definition) is 6. The van der Waals surface area contributed by atoms with Crippen LogP contribution >= 0.6 is 0 Å². The molecule has 1 fully saturated rings. The summed E-state index contributed by atoms with van der Waals surface area (Å²) in [7, 11) is 0. The van der Waals surface area contributed by atoms with Crippen LogP contribution in [0.5, 0.6) is 0 Å². The van der Waals surface area contributed by atoms with E-state index < -0.39 is 6.29 Å². The van der Waals surface area contributed by atoms with E-state index in [0.717, 1.165) is 47.0 Å². The van der Waals surface area contributed by atoms with Crippen molar-refractivity contribution >= 4 is 28.5 Å². The number of hydrogen-bond donors (Lipinski definition) is 3. The van der Waals surface area contributed by atoms with Gasteiger partial charge in [-0.25, -0.2) is 4.98 Å². The van der Waals surface area contributed by atoms with Crippen LogP contribution in [0.25, 0.3) is 11.0 Å². The van der Waals surface area contributed by atoms with Crippen molar-refractivity contribution in [3.8, 4) is 0 Å². The van der Waals surface area contributed by atoms with Crippen molar-refractivity contribution in [1.82, 2.24) is 14.9 Å². The Morgan fingerprint density at radius 2 is 1.81 bits per heavy atom. The Morgan fingerprint density at radius 3 is 2.62 bits per heavy atom. The number of carbonyl (C=O) groups is 2. The molecule has 2 amide bonds. The molecule has 0 bridgehead atoms. The molecule has 42 heavy (non-hydrogen) atoms. The van der Waals surface area contributed by atoms with Crippen molar-refractivity contribution in [3.05, 3.63) is 95.8 Å². The van der Waals surface area contributed by atoms with Crippen LogP contribution in [0, 0.1) is 0 Å². The fraction of sp³-hybridized carbons (Fsp3) is 0.364. The Kier molecular flexibility index (Phi) is 9.97. The lowest BCUT2D eigenvalue weighted by atomic mass is 10.00. The average molecular weight is 571 g/mol. The minimum absolute atomic E-state index is 0.0105. The number of unbranched alkanes of at least 4 members (excludes halogenated alkanes) is 2. The van der Waals surface area contributed by atoms with Gasteiger partial charge >= 0.3 is 0 Å². The van der Waals surface area contributed by atoms with Gasteiger partial charge in [-0.2, -0.15) is 0 Å². The molecular weight excluding hydrogens is 532 g/mol. The molecule has 2 heterocycles. The maximum absolute atomic E-state index is 12.6. The summed E-state index contributed by atoms with van der Waals surface area (Å²) in [5, 5.41) is 15.3. The Morgan fingerprint density at radius 1 is 0.976 bits per heavy atom. The molecule has 0 radical (unpaired) electrons. The van der Waals surface area contributed by atoms with Crippen molar-refractivity contribution < 1.29 is 24.2 Å². The van der Waals surface area contributed by atoms with Crippen molar-refractivity contribution in [1.29, 1.82) is 0 Å². The largest absolute Gasteiger partial charge is 0.392 e. The maximum atomic E-state index is 12.6. The number of para-hydroxylation sites is 2. The summed E-state index contributed by atoms with van der Waals surface area (Å²) in [6, 6.07) is 23.5. The Bertz CT molecular complexity index is 1490. The molecule has 3 atom stereocenters. The number of aromatic nitrogens is 2. The molecule has 3 aromatic carbocycles. The molecule has 9 nitrogen and oxygen atoms in total. The molecule has 9 heteroatoms. The third-order valence-corrected chi connectivity index (χ3v) is 7.44. The topological polar surface area (TPSA) is 115 Å². The quantitative estimate of drug-likeness (QED) is 0.196. The number of rotatable bonds is 12. The number of ether oxygens (including phenoxy) is 2. The SMILES string of the molecule is CC(=O)NCCCCCC(=O)Nc1cccc([C@@H]2O[C@H](Cn3cnc4ccccc43)C[C@H](c3ccc(CO)cc3)O2)c1. The van der Waals surface area contributed by atoms with Crippen molar-refractivity contribution in [2.45, 2.75) is 70.7 Å². The van der Waals surface area contributed by atoms with E-state index in [1.54, 1.807) is 0 Å². The highest BCUT2D eigenvalue weighted by Crippen LogP contribution is 2.39. The lowest BCUT2D eigenvalue weighted by Crippen LogP contribution is -2.32. The molecule has 5 rings (SSSR count). The van der Waals surface area contributed by atoms with E-state index in [4.69, 9.17) is 9.47 Å². The van der Waals surface area contributed by atoms with Crippen LogP contribution in [0.3, 0.4) is 0 Å². The highest BCUT2D eigenvalue weighted by Gasteiger charge is 2.32. The van der Waals surface area contributed by atoms with Gasteiger partial charge in [0.25, 0.3) is 0 Å². The minimum atomic E-state index is -0.633. The molecule has 3 N–H and O–H groups in total. The fourth-order valence-corrected chi connectivity index (χ4v) is 5.25. The monoisotopic (exact) mass is 570 g/mol. The second kappa shape index (κ2) is 14.2. The van der Waals surface area contributed by atoms with Gasteiger partial charge in [0.2, 0.25) is 11.8 Å². The number of benzene rings is 3. The van der Waals surface area contributed by atoms with E-state index in [1.807, 2.05) is 73.1 Å². The van der Waals surface area contributed by atoms with Gasteiger partial charge in [-0.1, -0.05) is 55.0 Å². The van der Waals surface area contributed by atoms with Gasteiger partial charge in [-0.05, 0) is 48.2 Å². The second-order valence-electron chi connectivity index (χ2n) is 10.7. The summed E-state index contributed by atoms with van der Waals surface area (Å²) in [5.41, 5.74) is 5.36. The molecule has 0 saturated carbocycles. The fourth-order valence-electron chi connectivity index (χ4n) is 5.25. The number of carbonyl (C=O) groups excluding carboxylic acids is 2. The molecule has 4 aromatic rings. The van der Waals surface area contributed by atoms with Gasteiger partial charge in [0.05, 0.1) is 42.7 Å². The number of imidazole rings is 1. The predicted molar refractivity (Wildman–Crippen MR) is 160 cm³/mol. The van der Waals surface area contributed by atoms with Crippen LogP contribution in [-0.4, -0.2) is 39.1 Å². The zero-order chi connectivity index (χ0) is 29.3. The number of fused-ring (bicyclic) bond motifs is 1. The number of amides is 2. The van der Waals surface area contributed by atoms with Crippen LogP contribution in [0.2, 0.25) is 0 Å². The number of aliphatic hydroxyl groups is 1. The Hall–Kier alpha value is -4.05. The van der Waals surface area contributed by atoms with Gasteiger partial charge in [-0.3, -0.25) is 9.59 Å². The highest BCUT2D eigenvalue weighted by molar-refractivity contribution is 5.90. The third-order valence-electron chi connectivity index (χ3n) is 7.44. The molecule has 0 unspecified atom stereocenters. The van der Waals surface area contributed by atoms with Gasteiger partial charge in [0, 0.05) is 37.6 Å². The zero-order valence-corrected chi connectivity index (χ0v) is 23.9. The van der Waals surface area contributed by atoms with Gasteiger partial charge in [0.15, 0.2) is 6.29 Å². The van der Waals surface area contributed by atoms with E-state index in [2.05, 4.69) is 26.3 Å². The van der Waals surface area contributed by atoms with Crippen LogP contribution < -0.4 is 10.6 Å². The standard InChI is InChI=1S/C33H38N4O5/c1-23(39)34-17-6-2-3-12-32(40)36-27-9-7-8-26(18-27)33-41-28(20-37-22-35-29-10-4-5-11-30(29)37)19-31(42-33)25-15-13-24(21-38)14-16-25/h4-5,7-11,13-16,18,22,28,31,33,38H,2-3,6,12,17,19-21H2,1H3,(H,34,39)(H,36,40)/t28-,31+,33+/m0/s1. The first-order valence-electron chi connectivity index (χ1n) is 14.5. The lowest BCUT2D eigenvalue weighted by molar-refractivity contribution is -0.252. The summed E-state index contributed by atoms with van der Waals surface area (Å²) >= 11 is 0. The van der Waals surface area contributed by atoms with E-state index in [9.17, 15) is 14.7 Å². The van der Waals surface area contributed by atoms with Gasteiger partial charge < -0.3 is 29.8 Å². The van der Waals surface area contributed by atoms with Crippen LogP contribution in [-0.2, 0) is 32.2 Å². The van der Waals surface area contributed by atoms with Gasteiger partial charge in [0.1, 0.15) is 0 Å². The summed E-state index contributed by atoms with van der Waals surface area (Å²) in [6.07, 6.45) is 4.37. The molecule has 1 aromatic heterocycles. The van der Waals surface area contributed by atoms with E-state index in [-0.39, 0.29) is 30.6 Å². The lowest BCUT2D eigenvalue weighted by Gasteiger charge is -2.36. The number of nitrogens with one attached hydrogen (secondary N) is 2. The highest BCUT2D eigenvalue weighted by atomic mass is 16.7. The summed E-state index contributed by atoms with van der Waals surface area (Å²) in [4.78, 5) is 28.1. The first-order valence-corrected chi connectivity index (χ1v) is 14.5. The van der Waals surface area contributed by atoms with E-state index in [1.165, 1.54) is 6.92 Å². The summed E-state index contributed by atoms with van der Waals surface area (Å²) < 4.78 is 15.1. The molecule has 1 aliphatic heterocycles. The first-order chi connectivity index (χ1) is 20.5. The second-order valence-corrected chi connectivity index (χ2v) is 10.7. The molecule has 1 aliphatic rings. The smallest absolute Gasteiger partial charge is 0.224 e. The van der Waals surface area contributed by atoms with Crippen LogP contribution in [0.15, 0.2) is 79.1 Å². The molecule has 1 saturated heterocycles. The van der Waals surface area contributed by atoms with Crippen LogP contribution in [0.4, 0.5) is 5.69 Å². The van der Waals surface area contributed by atoms with E-state index >= 15 is 0 Å². The third kappa shape index (κ3) is 7.82. The molecule has 220 valence electrons. The summed E-state index contributed by atoms with van der Waals surface area (Å²) in [6.45, 7) is 2.74. The predicted octanol–water partition coefficient (Wildman–Crippen LogP) is 5.41. The maximum Gasteiger partial charge on any atom is 0.224 e. The molecule has 0 aliphatic carbocycles. The Labute approximate surface area is 245 Å². The van der Waals surface area contributed by atoms with Crippen LogP contribution in [0.1, 0.15) is 68.1 Å². The minimum Gasteiger partial charge on any atom is -0.392 e. The number of anilines is 1. The normalized spacial score (nSPS) is 18.6. The zero-order valence-electron chi connectivity index (χ0n) is 23.9. The average Bonchev–Trinajstić information content (AvgIpc) is 3.41.